The topological polar surface area (TPSA) is 34.1 Å². The van der Waals surface area contributed by atoms with Gasteiger partial charge in [-0.3, -0.25) is 0 Å². The molecule has 4 heteroatoms. The van der Waals surface area contributed by atoms with Crippen molar-refractivity contribution in [2.45, 2.75) is 6.61 Å². The first-order valence-electron chi connectivity index (χ1n) is 5.30. The number of hydrogen-bond acceptors (Lipinski definition) is 3. The van der Waals surface area contributed by atoms with Crippen LogP contribution in [0.5, 0.6) is 5.88 Å². The summed E-state index contributed by atoms with van der Waals surface area (Å²) in [7, 11) is 1.82. The van der Waals surface area contributed by atoms with Crippen molar-refractivity contribution < 1.29 is 4.74 Å². The summed E-state index contributed by atoms with van der Waals surface area (Å²) in [5, 5.41) is 3.67. The fourth-order valence-corrected chi connectivity index (χ4v) is 1.63. The molecule has 2 rings (SSSR count). The third kappa shape index (κ3) is 3.36. The molecule has 1 aromatic carbocycles. The maximum atomic E-state index is 5.89. The Morgan fingerprint density at radius 2 is 2.06 bits per heavy atom. The highest BCUT2D eigenvalue weighted by Crippen LogP contribution is 2.15. The zero-order chi connectivity index (χ0) is 12.1. The number of hydrogen-bond donors (Lipinski definition) is 1. The van der Waals surface area contributed by atoms with Crippen molar-refractivity contribution in [2.24, 2.45) is 0 Å². The first kappa shape index (κ1) is 11.7. The average molecular weight is 249 g/mol. The molecule has 0 bridgehead atoms. The minimum atomic E-state index is 0.459. The van der Waals surface area contributed by atoms with Crippen LogP contribution in [-0.4, -0.2) is 12.0 Å². The minimum absolute atomic E-state index is 0.459. The average Bonchev–Trinajstić information content (AvgIpc) is 2.37. The summed E-state index contributed by atoms with van der Waals surface area (Å²) < 4.78 is 5.58. The number of ether oxygens (including phenoxy) is 1. The van der Waals surface area contributed by atoms with E-state index in [0.29, 0.717) is 17.5 Å². The molecule has 3 nitrogen and oxygen atoms in total. The first-order valence-corrected chi connectivity index (χ1v) is 5.68. The molecule has 2 aromatic rings. The zero-order valence-corrected chi connectivity index (χ0v) is 10.2. The van der Waals surface area contributed by atoms with Crippen LogP contribution < -0.4 is 10.1 Å². The lowest BCUT2D eigenvalue weighted by atomic mass is 10.2. The van der Waals surface area contributed by atoms with Gasteiger partial charge in [-0.1, -0.05) is 29.8 Å². The van der Waals surface area contributed by atoms with E-state index in [-0.39, 0.29) is 0 Å². The number of pyridine rings is 1. The molecular weight excluding hydrogens is 236 g/mol. The largest absolute Gasteiger partial charge is 0.473 e. The van der Waals surface area contributed by atoms with Crippen LogP contribution in [0.15, 0.2) is 42.5 Å². The summed E-state index contributed by atoms with van der Waals surface area (Å²) in [6.07, 6.45) is 0. The zero-order valence-electron chi connectivity index (χ0n) is 9.48. The Labute approximate surface area is 105 Å². The van der Waals surface area contributed by atoms with E-state index in [1.807, 2.05) is 49.5 Å². The Morgan fingerprint density at radius 1 is 1.24 bits per heavy atom. The fraction of sp³-hybridized carbons (Fsp3) is 0.154. The molecule has 0 fully saturated rings. The SMILES string of the molecule is CNc1cccc(OCc2cccc(Cl)c2)n1. The lowest BCUT2D eigenvalue weighted by Gasteiger charge is -2.07. The van der Waals surface area contributed by atoms with Crippen LogP contribution in [0.2, 0.25) is 5.02 Å². The Kier molecular flexibility index (Phi) is 3.83. The molecule has 0 spiro atoms. The maximum Gasteiger partial charge on any atom is 0.215 e. The summed E-state index contributed by atoms with van der Waals surface area (Å²) in [6, 6.07) is 13.2. The molecular formula is C13H13ClN2O. The van der Waals surface area contributed by atoms with Crippen LogP contribution in [0.4, 0.5) is 5.82 Å². The van der Waals surface area contributed by atoms with Crippen molar-refractivity contribution in [1.82, 2.24) is 4.98 Å². The van der Waals surface area contributed by atoms with E-state index in [0.717, 1.165) is 11.4 Å². The number of halogens is 1. The number of nitrogens with one attached hydrogen (secondary N) is 1. The van der Waals surface area contributed by atoms with Crippen molar-refractivity contribution >= 4 is 17.4 Å². The Hall–Kier alpha value is -1.74. The van der Waals surface area contributed by atoms with E-state index in [2.05, 4.69) is 10.3 Å². The molecule has 0 radical (unpaired) electrons. The Morgan fingerprint density at radius 3 is 2.82 bits per heavy atom. The number of aromatic nitrogens is 1. The third-order valence-electron chi connectivity index (χ3n) is 2.26. The van der Waals surface area contributed by atoms with Crippen molar-refractivity contribution in [1.29, 1.82) is 0 Å². The normalized spacial score (nSPS) is 10.0. The molecule has 0 amide bonds. The molecule has 88 valence electrons. The number of nitrogens with zero attached hydrogens (tertiary/aromatic N) is 1. The number of rotatable bonds is 4. The quantitative estimate of drug-likeness (QED) is 0.901. The first-order chi connectivity index (χ1) is 8.28. The van der Waals surface area contributed by atoms with Crippen molar-refractivity contribution in [3.8, 4) is 5.88 Å². The predicted molar refractivity (Wildman–Crippen MR) is 69.6 cm³/mol. The highest BCUT2D eigenvalue weighted by atomic mass is 35.5. The van der Waals surface area contributed by atoms with Crippen molar-refractivity contribution in [2.75, 3.05) is 12.4 Å². The van der Waals surface area contributed by atoms with Crippen LogP contribution >= 0.6 is 11.6 Å². The van der Waals surface area contributed by atoms with Gasteiger partial charge in [-0.2, -0.15) is 4.98 Å². The van der Waals surface area contributed by atoms with E-state index < -0.39 is 0 Å². The highest BCUT2D eigenvalue weighted by Gasteiger charge is 1.99. The van der Waals surface area contributed by atoms with Crippen LogP contribution in [0.1, 0.15) is 5.56 Å². The second kappa shape index (κ2) is 5.55. The van der Waals surface area contributed by atoms with Gasteiger partial charge in [-0.25, -0.2) is 0 Å². The van der Waals surface area contributed by atoms with Gasteiger partial charge in [0.1, 0.15) is 12.4 Å². The van der Waals surface area contributed by atoms with E-state index in [1.165, 1.54) is 0 Å². The predicted octanol–water partition coefficient (Wildman–Crippen LogP) is 3.36. The summed E-state index contributed by atoms with van der Waals surface area (Å²) in [4.78, 5) is 4.26. The summed E-state index contributed by atoms with van der Waals surface area (Å²) in [5.41, 5.74) is 1.02. The van der Waals surface area contributed by atoms with Crippen molar-refractivity contribution in [3.63, 3.8) is 0 Å². The molecule has 1 aromatic heterocycles. The third-order valence-corrected chi connectivity index (χ3v) is 2.49. The maximum absolute atomic E-state index is 5.89. The van der Waals surface area contributed by atoms with Gasteiger partial charge in [0.15, 0.2) is 0 Å². The highest BCUT2D eigenvalue weighted by molar-refractivity contribution is 6.30. The fourth-order valence-electron chi connectivity index (χ4n) is 1.42. The second-order valence-corrected chi connectivity index (χ2v) is 3.97. The number of benzene rings is 1. The molecule has 0 saturated carbocycles. The van der Waals surface area contributed by atoms with E-state index in [1.54, 1.807) is 0 Å². The van der Waals surface area contributed by atoms with Gasteiger partial charge in [0.05, 0.1) is 0 Å². The number of anilines is 1. The molecule has 0 aliphatic heterocycles. The van der Waals surface area contributed by atoms with Gasteiger partial charge < -0.3 is 10.1 Å². The Bertz CT molecular complexity index is 502. The molecule has 0 unspecified atom stereocenters. The van der Waals surface area contributed by atoms with Crippen molar-refractivity contribution in [3.05, 3.63) is 53.1 Å². The molecule has 0 aliphatic carbocycles. The molecule has 1 N–H and O–H groups in total. The second-order valence-electron chi connectivity index (χ2n) is 3.53. The standard InChI is InChI=1S/C13H13ClN2O/c1-15-12-6-3-7-13(16-12)17-9-10-4-2-5-11(14)8-10/h2-8H,9H2,1H3,(H,15,16). The van der Waals surface area contributed by atoms with Gasteiger partial charge in [0.25, 0.3) is 0 Å². The van der Waals surface area contributed by atoms with Crippen LogP contribution in [0.3, 0.4) is 0 Å². The van der Waals surface area contributed by atoms with Gasteiger partial charge >= 0.3 is 0 Å². The van der Waals surface area contributed by atoms with E-state index in [4.69, 9.17) is 16.3 Å². The molecule has 0 aliphatic rings. The Balaban J connectivity index is 2.02. The molecule has 0 atom stereocenters. The van der Waals surface area contributed by atoms with Crippen LogP contribution in [0.25, 0.3) is 0 Å². The molecule has 0 saturated heterocycles. The van der Waals surface area contributed by atoms with Crippen LogP contribution in [-0.2, 0) is 6.61 Å². The van der Waals surface area contributed by atoms with Gasteiger partial charge in [-0.05, 0) is 23.8 Å². The lowest BCUT2D eigenvalue weighted by molar-refractivity contribution is 0.294. The van der Waals surface area contributed by atoms with E-state index >= 15 is 0 Å². The lowest BCUT2D eigenvalue weighted by Crippen LogP contribution is -1.99. The summed E-state index contributed by atoms with van der Waals surface area (Å²) in [5.74, 6) is 1.38. The monoisotopic (exact) mass is 248 g/mol. The van der Waals surface area contributed by atoms with Gasteiger partial charge in [0.2, 0.25) is 5.88 Å². The van der Waals surface area contributed by atoms with Gasteiger partial charge in [0, 0.05) is 18.1 Å². The van der Waals surface area contributed by atoms with Crippen LogP contribution in [0, 0.1) is 0 Å². The summed E-state index contributed by atoms with van der Waals surface area (Å²) in [6.45, 7) is 0.459. The van der Waals surface area contributed by atoms with E-state index in [9.17, 15) is 0 Å². The van der Waals surface area contributed by atoms with Gasteiger partial charge in [-0.15, -0.1) is 0 Å². The minimum Gasteiger partial charge on any atom is -0.473 e. The smallest absolute Gasteiger partial charge is 0.215 e. The molecule has 1 heterocycles. The molecule has 17 heavy (non-hydrogen) atoms. The summed E-state index contributed by atoms with van der Waals surface area (Å²) >= 11 is 5.89.